The Labute approximate surface area is 140 Å². The molecule has 0 spiro atoms. The number of carbonyl (C=O) groups is 1. The van der Waals surface area contributed by atoms with E-state index >= 15 is 0 Å². The van der Waals surface area contributed by atoms with Crippen LogP contribution in [0.1, 0.15) is 11.3 Å². The number of rotatable bonds is 7. The van der Waals surface area contributed by atoms with Crippen LogP contribution in [0.2, 0.25) is 4.34 Å². The fourth-order valence-corrected chi connectivity index (χ4v) is 3.34. The molecule has 1 amide bonds. The minimum Gasteiger partial charge on any atom is -0.493 e. The summed E-state index contributed by atoms with van der Waals surface area (Å²) in [4.78, 5) is 11.8. The van der Waals surface area contributed by atoms with Gasteiger partial charge in [0.05, 0.1) is 13.0 Å². The Kier molecular flexibility index (Phi) is 5.90. The first kappa shape index (κ1) is 16.1. The third kappa shape index (κ3) is 5.22. The molecule has 2 rings (SSSR count). The number of amides is 1. The number of nitrogens with two attached hydrogens (primary N) is 1. The van der Waals surface area contributed by atoms with Crippen LogP contribution < -0.4 is 15.8 Å². The molecule has 0 radical (unpaired) electrons. The molecule has 0 saturated carbocycles. The number of hydrogen-bond donors (Lipinski definition) is 2. The summed E-state index contributed by atoms with van der Waals surface area (Å²) < 4.78 is 7.08. The number of halogens is 2. The molecule has 2 aromatic rings. The summed E-state index contributed by atoms with van der Waals surface area (Å²) in [5.74, 6) is 0.345. The molecule has 21 heavy (non-hydrogen) atoms. The Morgan fingerprint density at radius 3 is 2.67 bits per heavy atom. The second-order valence-corrected chi connectivity index (χ2v) is 6.87. The van der Waals surface area contributed by atoms with Gasteiger partial charge in [-0.05, 0) is 46.3 Å². The molecule has 1 heterocycles. The van der Waals surface area contributed by atoms with Gasteiger partial charge >= 0.3 is 0 Å². The minimum absolute atomic E-state index is 0.216. The van der Waals surface area contributed by atoms with Gasteiger partial charge < -0.3 is 15.8 Å². The average molecular weight is 390 g/mol. The van der Waals surface area contributed by atoms with Gasteiger partial charge in [-0.3, -0.25) is 4.79 Å². The number of benzene rings is 1. The van der Waals surface area contributed by atoms with Crippen molar-refractivity contribution in [1.29, 1.82) is 0 Å². The van der Waals surface area contributed by atoms with Crippen molar-refractivity contribution in [2.45, 2.75) is 13.0 Å². The molecule has 112 valence electrons. The van der Waals surface area contributed by atoms with Crippen LogP contribution >= 0.6 is 38.9 Å². The summed E-state index contributed by atoms with van der Waals surface area (Å²) in [7, 11) is 0. The fraction of sp³-hybridized carbons (Fsp3) is 0.214. The molecule has 4 nitrogen and oxygen atoms in total. The van der Waals surface area contributed by atoms with Gasteiger partial charge in [0.1, 0.15) is 10.1 Å². The molecule has 1 aromatic heterocycles. The summed E-state index contributed by atoms with van der Waals surface area (Å²) in [6, 6.07) is 9.54. The lowest BCUT2D eigenvalue weighted by Gasteiger charge is -2.07. The van der Waals surface area contributed by atoms with Crippen molar-refractivity contribution in [3.05, 3.63) is 44.0 Å². The molecule has 0 aliphatic carbocycles. The van der Waals surface area contributed by atoms with E-state index < -0.39 is 0 Å². The normalized spacial score (nSPS) is 10.4. The standard InChI is InChI=1S/C14H14BrClN2O2S/c15-12-7-11(21-14(12)16)8-18-9-1-3-10(4-2-9)20-6-5-13(17)19/h1-4,7,18H,5-6,8H2,(H2,17,19). The summed E-state index contributed by atoms with van der Waals surface area (Å²) in [6.45, 7) is 1.00. The van der Waals surface area contributed by atoms with E-state index in [1.54, 1.807) is 0 Å². The highest BCUT2D eigenvalue weighted by molar-refractivity contribution is 9.10. The van der Waals surface area contributed by atoms with Crippen molar-refractivity contribution in [2.75, 3.05) is 11.9 Å². The number of anilines is 1. The predicted octanol–water partition coefficient (Wildman–Crippen LogP) is 4.03. The summed E-state index contributed by atoms with van der Waals surface area (Å²) in [6.07, 6.45) is 0.216. The van der Waals surface area contributed by atoms with Crippen molar-refractivity contribution in [3.63, 3.8) is 0 Å². The molecule has 0 aliphatic rings. The van der Waals surface area contributed by atoms with Crippen LogP contribution in [-0.2, 0) is 11.3 Å². The summed E-state index contributed by atoms with van der Waals surface area (Å²) in [5.41, 5.74) is 6.03. The number of primary amides is 1. The highest BCUT2D eigenvalue weighted by Crippen LogP contribution is 2.32. The zero-order valence-electron chi connectivity index (χ0n) is 11.1. The second-order valence-electron chi connectivity index (χ2n) is 4.28. The van der Waals surface area contributed by atoms with Crippen molar-refractivity contribution in [2.24, 2.45) is 5.73 Å². The monoisotopic (exact) mass is 388 g/mol. The first-order valence-corrected chi connectivity index (χ1v) is 8.22. The highest BCUT2D eigenvalue weighted by Gasteiger charge is 2.04. The third-order valence-electron chi connectivity index (χ3n) is 2.63. The fourth-order valence-electron chi connectivity index (χ4n) is 1.61. The Bertz CT molecular complexity index is 596. The van der Waals surface area contributed by atoms with Crippen LogP contribution in [0, 0.1) is 0 Å². The molecule has 0 bridgehead atoms. The van der Waals surface area contributed by atoms with E-state index in [4.69, 9.17) is 22.1 Å². The molecule has 3 N–H and O–H groups in total. The van der Waals surface area contributed by atoms with Crippen LogP contribution in [0.4, 0.5) is 5.69 Å². The first-order chi connectivity index (χ1) is 10.0. The molecule has 0 unspecified atom stereocenters. The number of carbonyl (C=O) groups excluding carboxylic acids is 1. The van der Waals surface area contributed by atoms with Crippen molar-refractivity contribution < 1.29 is 9.53 Å². The Balaban J connectivity index is 1.83. The number of thiophene rings is 1. The Morgan fingerprint density at radius 1 is 1.38 bits per heavy atom. The number of ether oxygens (including phenoxy) is 1. The molecule has 0 atom stereocenters. The van der Waals surface area contributed by atoms with E-state index in [9.17, 15) is 4.79 Å². The number of nitrogens with one attached hydrogen (secondary N) is 1. The van der Waals surface area contributed by atoms with Gasteiger partial charge in [-0.2, -0.15) is 0 Å². The van der Waals surface area contributed by atoms with Crippen molar-refractivity contribution in [1.82, 2.24) is 0 Å². The first-order valence-electron chi connectivity index (χ1n) is 6.23. The second kappa shape index (κ2) is 7.68. The van der Waals surface area contributed by atoms with E-state index in [0.29, 0.717) is 18.9 Å². The van der Waals surface area contributed by atoms with Gasteiger partial charge in [-0.1, -0.05) is 11.6 Å². The van der Waals surface area contributed by atoms with Crippen molar-refractivity contribution >= 4 is 50.5 Å². The van der Waals surface area contributed by atoms with Gasteiger partial charge in [0.15, 0.2) is 0 Å². The Morgan fingerprint density at radius 2 is 2.10 bits per heavy atom. The van der Waals surface area contributed by atoms with Crippen LogP contribution in [0.25, 0.3) is 0 Å². The lowest BCUT2D eigenvalue weighted by atomic mass is 10.3. The number of hydrogen-bond acceptors (Lipinski definition) is 4. The quantitative estimate of drug-likeness (QED) is 0.751. The van der Waals surface area contributed by atoms with Gasteiger partial charge in [-0.25, -0.2) is 0 Å². The topological polar surface area (TPSA) is 64.4 Å². The maximum Gasteiger partial charge on any atom is 0.220 e. The lowest BCUT2D eigenvalue weighted by molar-refractivity contribution is -0.118. The molecule has 0 fully saturated rings. The predicted molar refractivity (Wildman–Crippen MR) is 90.1 cm³/mol. The van der Waals surface area contributed by atoms with Gasteiger partial charge in [0, 0.05) is 21.6 Å². The van der Waals surface area contributed by atoms with Crippen LogP contribution in [-0.4, -0.2) is 12.5 Å². The maximum atomic E-state index is 10.6. The summed E-state index contributed by atoms with van der Waals surface area (Å²) in [5, 5.41) is 3.30. The summed E-state index contributed by atoms with van der Waals surface area (Å²) >= 11 is 10.9. The third-order valence-corrected chi connectivity index (χ3v) is 5.11. The van der Waals surface area contributed by atoms with Gasteiger partial charge in [0.2, 0.25) is 5.91 Å². The van der Waals surface area contributed by atoms with E-state index in [1.165, 1.54) is 11.3 Å². The van der Waals surface area contributed by atoms with E-state index in [-0.39, 0.29) is 12.3 Å². The van der Waals surface area contributed by atoms with Crippen LogP contribution in [0.5, 0.6) is 5.75 Å². The SMILES string of the molecule is NC(=O)CCOc1ccc(NCc2cc(Br)c(Cl)s2)cc1. The zero-order valence-corrected chi connectivity index (χ0v) is 14.2. The van der Waals surface area contributed by atoms with Crippen molar-refractivity contribution in [3.8, 4) is 5.75 Å². The molecular weight excluding hydrogens is 376 g/mol. The molecule has 7 heteroatoms. The molecule has 0 aliphatic heterocycles. The largest absolute Gasteiger partial charge is 0.493 e. The zero-order chi connectivity index (χ0) is 15.2. The molecule has 0 saturated heterocycles. The molecule has 1 aromatic carbocycles. The van der Waals surface area contributed by atoms with Gasteiger partial charge in [-0.15, -0.1) is 11.3 Å². The maximum absolute atomic E-state index is 10.6. The smallest absolute Gasteiger partial charge is 0.220 e. The molecular formula is C14H14BrClN2O2S. The Hall–Kier alpha value is -1.24. The van der Waals surface area contributed by atoms with Gasteiger partial charge in [0.25, 0.3) is 0 Å². The van der Waals surface area contributed by atoms with Crippen LogP contribution in [0.15, 0.2) is 34.8 Å². The minimum atomic E-state index is -0.367. The average Bonchev–Trinajstić information content (AvgIpc) is 2.77. The highest BCUT2D eigenvalue weighted by atomic mass is 79.9. The lowest BCUT2D eigenvalue weighted by Crippen LogP contribution is -2.14. The van der Waals surface area contributed by atoms with E-state index in [2.05, 4.69) is 21.2 Å². The van der Waals surface area contributed by atoms with Crippen LogP contribution in [0.3, 0.4) is 0 Å². The van der Waals surface area contributed by atoms with E-state index in [1.807, 2.05) is 30.3 Å². The van der Waals surface area contributed by atoms with E-state index in [0.717, 1.165) is 19.4 Å².